The fourth-order valence-corrected chi connectivity index (χ4v) is 4.05. The molecule has 0 aliphatic heterocycles. The van der Waals surface area contributed by atoms with Crippen molar-refractivity contribution in [2.45, 2.75) is 50.7 Å². The Morgan fingerprint density at radius 1 is 1.26 bits per heavy atom. The molecule has 170 valence electrons. The van der Waals surface area contributed by atoms with Crippen LogP contribution in [0.15, 0.2) is 40.3 Å². The summed E-state index contributed by atoms with van der Waals surface area (Å²) in [5.41, 5.74) is 1.76. The summed E-state index contributed by atoms with van der Waals surface area (Å²) >= 11 is 0. The van der Waals surface area contributed by atoms with Gasteiger partial charge in [-0.1, -0.05) is 37.3 Å². The molecule has 1 aromatic heterocycles. The third kappa shape index (κ3) is 7.92. The van der Waals surface area contributed by atoms with E-state index in [2.05, 4.69) is 34.7 Å². The number of rotatable bonds is 11. The van der Waals surface area contributed by atoms with Crippen molar-refractivity contribution in [3.05, 3.63) is 47.3 Å². The molecule has 0 unspecified atom stereocenters. The van der Waals surface area contributed by atoms with E-state index in [1.807, 2.05) is 6.92 Å². The fraction of sp³-hybridized carbons (Fsp3) is 0.450. The standard InChI is InChI=1S/C20H30N4O5SSi/c1-16-6-8-18(9-7-16)30(26,27)23-21-11-10-17-14-19(20(25)28-2)22-24(17)15-29-12-13-31(3,4)5/h6-9,11,14,23H,10,12-13,15H2,1-5H3. The molecule has 11 heteroatoms. The molecule has 0 aliphatic carbocycles. The average Bonchev–Trinajstić information content (AvgIpc) is 3.10. The number of esters is 1. The number of hydrazone groups is 1. The quantitative estimate of drug-likeness (QED) is 0.179. The summed E-state index contributed by atoms with van der Waals surface area (Å²) in [7, 11) is -3.68. The van der Waals surface area contributed by atoms with Crippen LogP contribution in [0.4, 0.5) is 0 Å². The number of benzene rings is 1. The van der Waals surface area contributed by atoms with Crippen molar-refractivity contribution in [1.29, 1.82) is 0 Å². The Morgan fingerprint density at radius 3 is 2.55 bits per heavy atom. The molecule has 0 bridgehead atoms. The second-order valence-electron chi connectivity index (χ2n) is 8.28. The minimum Gasteiger partial charge on any atom is -0.464 e. The third-order valence-electron chi connectivity index (χ3n) is 4.36. The van der Waals surface area contributed by atoms with Crippen molar-refractivity contribution in [3.63, 3.8) is 0 Å². The number of aryl methyl sites for hydroxylation is 1. The molecular weight excluding hydrogens is 436 g/mol. The summed E-state index contributed by atoms with van der Waals surface area (Å²) < 4.78 is 36.6. The fourth-order valence-electron chi connectivity index (χ4n) is 2.48. The highest BCUT2D eigenvalue weighted by Gasteiger charge is 2.16. The van der Waals surface area contributed by atoms with Gasteiger partial charge in [0.2, 0.25) is 0 Å². The average molecular weight is 467 g/mol. The molecule has 1 aromatic carbocycles. The lowest BCUT2D eigenvalue weighted by atomic mass is 10.2. The number of nitrogens with zero attached hydrogens (tertiary/aromatic N) is 3. The van der Waals surface area contributed by atoms with Crippen LogP contribution in [0.1, 0.15) is 21.7 Å². The first-order valence-electron chi connectivity index (χ1n) is 9.84. The number of ether oxygens (including phenoxy) is 2. The van der Waals surface area contributed by atoms with Crippen molar-refractivity contribution in [1.82, 2.24) is 14.6 Å². The van der Waals surface area contributed by atoms with Gasteiger partial charge in [0.1, 0.15) is 6.73 Å². The maximum atomic E-state index is 12.3. The van der Waals surface area contributed by atoms with E-state index in [0.29, 0.717) is 12.3 Å². The van der Waals surface area contributed by atoms with Gasteiger partial charge in [0.05, 0.1) is 12.0 Å². The molecular formula is C20H30N4O5SSi. The second kappa shape index (κ2) is 10.7. The van der Waals surface area contributed by atoms with Gasteiger partial charge in [-0.3, -0.25) is 0 Å². The molecule has 0 saturated heterocycles. The molecule has 0 radical (unpaired) electrons. The number of methoxy groups -OCH3 is 1. The molecule has 0 aliphatic rings. The van der Waals surface area contributed by atoms with E-state index in [9.17, 15) is 13.2 Å². The summed E-state index contributed by atoms with van der Waals surface area (Å²) in [5.74, 6) is -0.556. The molecule has 9 nitrogen and oxygen atoms in total. The van der Waals surface area contributed by atoms with Crippen LogP contribution < -0.4 is 4.83 Å². The van der Waals surface area contributed by atoms with Crippen LogP contribution in [0.5, 0.6) is 0 Å². The van der Waals surface area contributed by atoms with Crippen molar-refractivity contribution in [3.8, 4) is 0 Å². The summed E-state index contributed by atoms with van der Waals surface area (Å²) in [6.45, 7) is 9.45. The number of aromatic nitrogens is 2. The van der Waals surface area contributed by atoms with Gasteiger partial charge >= 0.3 is 5.97 Å². The lowest BCUT2D eigenvalue weighted by Crippen LogP contribution is -2.22. The van der Waals surface area contributed by atoms with E-state index in [4.69, 9.17) is 9.47 Å². The number of sulfonamides is 1. The predicted molar refractivity (Wildman–Crippen MR) is 121 cm³/mol. The first kappa shape index (κ1) is 24.8. The number of carbonyl (C=O) groups excluding carboxylic acids is 1. The molecule has 0 spiro atoms. The van der Waals surface area contributed by atoms with Gasteiger partial charge in [-0.2, -0.15) is 18.6 Å². The van der Waals surface area contributed by atoms with Crippen molar-refractivity contribution < 1.29 is 22.7 Å². The van der Waals surface area contributed by atoms with Gasteiger partial charge < -0.3 is 9.47 Å². The molecule has 2 aromatic rings. The third-order valence-corrected chi connectivity index (χ3v) is 7.31. The normalized spacial score (nSPS) is 12.3. The second-order valence-corrected chi connectivity index (χ2v) is 15.6. The van der Waals surface area contributed by atoms with Crippen LogP contribution in [0.2, 0.25) is 25.7 Å². The Kier molecular flexibility index (Phi) is 8.54. The van der Waals surface area contributed by atoms with Gasteiger partial charge in [-0.05, 0) is 31.2 Å². The first-order valence-corrected chi connectivity index (χ1v) is 15.0. The van der Waals surface area contributed by atoms with Crippen molar-refractivity contribution in [2.75, 3.05) is 13.7 Å². The van der Waals surface area contributed by atoms with E-state index < -0.39 is 24.1 Å². The lowest BCUT2D eigenvalue weighted by Gasteiger charge is -2.15. The Labute approximate surface area is 184 Å². The molecule has 1 heterocycles. The molecule has 0 amide bonds. The summed E-state index contributed by atoms with van der Waals surface area (Å²) in [6, 6.07) is 9.05. The van der Waals surface area contributed by atoms with Crippen LogP contribution in [-0.2, 0) is 32.6 Å². The summed E-state index contributed by atoms with van der Waals surface area (Å²) in [6.07, 6.45) is 1.65. The van der Waals surface area contributed by atoms with Gasteiger partial charge in [-0.15, -0.1) is 0 Å². The maximum Gasteiger partial charge on any atom is 0.358 e. The molecule has 1 N–H and O–H groups in total. The van der Waals surface area contributed by atoms with Gasteiger partial charge in [0.25, 0.3) is 10.0 Å². The maximum absolute atomic E-state index is 12.3. The Bertz CT molecular complexity index is 1010. The number of nitrogens with one attached hydrogen (secondary N) is 1. The number of hydrogen-bond donors (Lipinski definition) is 1. The minimum atomic E-state index is -3.75. The van der Waals surface area contributed by atoms with Crippen LogP contribution in [0, 0.1) is 6.92 Å². The topological polar surface area (TPSA) is 112 Å². The van der Waals surface area contributed by atoms with E-state index in [1.165, 1.54) is 25.5 Å². The van der Waals surface area contributed by atoms with E-state index >= 15 is 0 Å². The highest BCUT2D eigenvalue weighted by atomic mass is 32.2. The highest BCUT2D eigenvalue weighted by molar-refractivity contribution is 7.89. The number of carbonyl (C=O) groups is 1. The Hall–Kier alpha value is -2.50. The van der Waals surface area contributed by atoms with E-state index in [-0.39, 0.29) is 23.7 Å². The number of hydrogen-bond acceptors (Lipinski definition) is 7. The molecule has 31 heavy (non-hydrogen) atoms. The minimum absolute atomic E-state index is 0.129. The van der Waals surface area contributed by atoms with Gasteiger partial charge in [0.15, 0.2) is 5.69 Å². The lowest BCUT2D eigenvalue weighted by molar-refractivity contribution is 0.0582. The van der Waals surface area contributed by atoms with Crippen LogP contribution >= 0.6 is 0 Å². The molecule has 0 fully saturated rings. The SMILES string of the molecule is COC(=O)c1cc(CC=NNS(=O)(=O)c2ccc(C)cc2)n(COCC[Si](C)(C)C)n1. The summed E-state index contributed by atoms with van der Waals surface area (Å²) in [4.78, 5) is 14.1. The van der Waals surface area contributed by atoms with E-state index in [0.717, 1.165) is 11.6 Å². The smallest absolute Gasteiger partial charge is 0.358 e. The molecule has 0 saturated carbocycles. The predicted octanol–water partition coefficient (Wildman–Crippen LogP) is 2.80. The van der Waals surface area contributed by atoms with Crippen LogP contribution in [-0.4, -0.2) is 52.2 Å². The van der Waals surface area contributed by atoms with Crippen LogP contribution in [0.3, 0.4) is 0 Å². The monoisotopic (exact) mass is 466 g/mol. The van der Waals surface area contributed by atoms with Crippen molar-refractivity contribution >= 4 is 30.3 Å². The first-order chi connectivity index (χ1) is 14.5. The molecule has 0 atom stereocenters. The van der Waals surface area contributed by atoms with Crippen molar-refractivity contribution in [2.24, 2.45) is 5.10 Å². The van der Waals surface area contributed by atoms with Crippen LogP contribution in [0.25, 0.3) is 0 Å². The molecule has 2 rings (SSSR count). The Balaban J connectivity index is 2.03. The van der Waals surface area contributed by atoms with E-state index in [1.54, 1.807) is 22.9 Å². The summed E-state index contributed by atoms with van der Waals surface area (Å²) in [5, 5.41) is 8.05. The Morgan fingerprint density at radius 2 is 1.94 bits per heavy atom. The highest BCUT2D eigenvalue weighted by Crippen LogP contribution is 2.11. The zero-order valence-corrected chi connectivity index (χ0v) is 20.4. The zero-order chi connectivity index (χ0) is 23.1. The van der Waals surface area contributed by atoms with Gasteiger partial charge in [-0.25, -0.2) is 14.3 Å². The zero-order valence-electron chi connectivity index (χ0n) is 18.6. The largest absolute Gasteiger partial charge is 0.464 e. The van der Waals surface area contributed by atoms with Gasteiger partial charge in [0, 0.05) is 33.0 Å².